The van der Waals surface area contributed by atoms with E-state index >= 15 is 0 Å². The van der Waals surface area contributed by atoms with Crippen molar-refractivity contribution in [2.75, 3.05) is 11.4 Å². The van der Waals surface area contributed by atoms with Gasteiger partial charge in [0.1, 0.15) is 6.54 Å². The molecular weight excluding hydrogens is 573 g/mol. The number of nitrogens with zero attached hydrogens (tertiary/aromatic N) is 1. The first-order chi connectivity index (χ1) is 20.1. The van der Waals surface area contributed by atoms with Gasteiger partial charge in [-0.15, -0.1) is 0 Å². The van der Waals surface area contributed by atoms with E-state index in [4.69, 9.17) is 32.2 Å². The minimum atomic E-state index is -5.08. The van der Waals surface area contributed by atoms with E-state index in [1.807, 2.05) is 18.2 Å². The molecule has 8 N–H and O–H groups in total. The Morgan fingerprint density at radius 2 is 1.40 bits per heavy atom. The van der Waals surface area contributed by atoms with Crippen LogP contribution in [0.1, 0.15) is 54.2 Å². The lowest BCUT2D eigenvalue weighted by Gasteiger charge is -2.22. The first-order valence-corrected chi connectivity index (χ1v) is 12.6. The molecule has 0 aliphatic heterocycles. The number of amides is 3. The van der Waals surface area contributed by atoms with Crippen LogP contribution in [0.2, 0.25) is 0 Å². The van der Waals surface area contributed by atoms with E-state index in [2.05, 4.69) is 0 Å². The lowest BCUT2D eigenvalue weighted by atomic mass is 10.0. The highest BCUT2D eigenvalue weighted by Crippen LogP contribution is 2.23. The first-order valence-electron chi connectivity index (χ1n) is 12.6. The van der Waals surface area contributed by atoms with Gasteiger partial charge in [-0.25, -0.2) is 4.79 Å². The Bertz CT molecular complexity index is 1500. The van der Waals surface area contributed by atoms with E-state index in [-0.39, 0.29) is 18.0 Å². The predicted octanol–water partition coefficient (Wildman–Crippen LogP) is 2.88. The van der Waals surface area contributed by atoms with Crippen molar-refractivity contribution >= 4 is 35.3 Å². The number of primary amides is 2. The fraction of sp³-hybridized carbons (Fsp3) is 0.207. The van der Waals surface area contributed by atoms with Crippen LogP contribution in [0.5, 0.6) is 0 Å². The number of anilines is 1. The fourth-order valence-electron chi connectivity index (χ4n) is 4.03. The second-order valence-electron chi connectivity index (χ2n) is 9.07. The minimum absolute atomic E-state index is 0.0343. The van der Waals surface area contributed by atoms with Crippen LogP contribution in [0.4, 0.5) is 18.9 Å². The van der Waals surface area contributed by atoms with Crippen molar-refractivity contribution in [3.63, 3.8) is 0 Å². The molecule has 0 heterocycles. The highest BCUT2D eigenvalue weighted by Gasteiger charge is 2.38. The Kier molecular flexibility index (Phi) is 11.9. The summed E-state index contributed by atoms with van der Waals surface area (Å²) in [5.41, 5.74) is 20.7. The molecule has 0 unspecified atom stereocenters. The van der Waals surface area contributed by atoms with Gasteiger partial charge in [0.2, 0.25) is 11.8 Å². The second kappa shape index (κ2) is 15.1. The number of hydrogen-bond donors (Lipinski definition) is 5. The molecule has 0 aromatic heterocycles. The average molecular weight is 603 g/mol. The lowest BCUT2D eigenvalue weighted by Crippen LogP contribution is -2.36. The molecule has 0 spiro atoms. The number of aliphatic carboxylic acids is 2. The van der Waals surface area contributed by atoms with Gasteiger partial charge in [0.15, 0.2) is 0 Å². The number of benzene rings is 3. The van der Waals surface area contributed by atoms with Crippen LogP contribution >= 0.6 is 0 Å². The Balaban J connectivity index is 0.000000279. The number of carboxylic acid groups (broad SMARTS) is 2. The zero-order valence-corrected chi connectivity index (χ0v) is 22.6. The van der Waals surface area contributed by atoms with Crippen molar-refractivity contribution in [3.05, 3.63) is 100 Å². The number of rotatable bonds is 7. The highest BCUT2D eigenvalue weighted by molar-refractivity contribution is 6.08. The van der Waals surface area contributed by atoms with Crippen LogP contribution in [0.15, 0.2) is 66.7 Å². The third-order valence-corrected chi connectivity index (χ3v) is 6.07. The Morgan fingerprint density at radius 1 is 0.791 bits per heavy atom. The maximum Gasteiger partial charge on any atom is 0.490 e. The van der Waals surface area contributed by atoms with Crippen LogP contribution in [0.3, 0.4) is 0 Å². The molecule has 0 bridgehead atoms. The molecule has 0 radical (unpaired) electrons. The van der Waals surface area contributed by atoms with Crippen LogP contribution in [-0.2, 0) is 29.0 Å². The smallest absolute Gasteiger partial charge is 0.480 e. The summed E-state index contributed by atoms with van der Waals surface area (Å²) >= 11 is 0. The summed E-state index contributed by atoms with van der Waals surface area (Å²) in [6, 6.07) is 18.5. The van der Waals surface area contributed by atoms with Crippen molar-refractivity contribution in [3.8, 4) is 0 Å². The monoisotopic (exact) mass is 602 g/mol. The molecule has 1 aliphatic carbocycles. The summed E-state index contributed by atoms with van der Waals surface area (Å²) < 4.78 is 31.7. The van der Waals surface area contributed by atoms with Crippen molar-refractivity contribution in [1.82, 2.24) is 0 Å². The summed E-state index contributed by atoms with van der Waals surface area (Å²) in [4.78, 5) is 56.0. The topological polar surface area (TPSA) is 207 Å². The Hall–Kier alpha value is -5.24. The van der Waals surface area contributed by atoms with E-state index in [0.717, 1.165) is 17.7 Å². The lowest BCUT2D eigenvalue weighted by molar-refractivity contribution is -0.192. The number of carbonyl (C=O) groups is 5. The van der Waals surface area contributed by atoms with Gasteiger partial charge in [-0.3, -0.25) is 24.1 Å². The summed E-state index contributed by atoms with van der Waals surface area (Å²) in [5.74, 6) is -5.35. The number of aryl methyl sites for hydroxylation is 2. The summed E-state index contributed by atoms with van der Waals surface area (Å²) in [5, 5.41) is 16.2. The van der Waals surface area contributed by atoms with E-state index in [0.29, 0.717) is 22.4 Å². The molecule has 3 aromatic rings. The van der Waals surface area contributed by atoms with Gasteiger partial charge in [0.05, 0.1) is 0 Å². The molecule has 14 heteroatoms. The van der Waals surface area contributed by atoms with E-state index in [1.165, 1.54) is 35.7 Å². The predicted molar refractivity (Wildman–Crippen MR) is 149 cm³/mol. The molecule has 0 saturated heterocycles. The minimum Gasteiger partial charge on any atom is -0.480 e. The van der Waals surface area contributed by atoms with Crippen molar-refractivity contribution in [2.24, 2.45) is 17.2 Å². The van der Waals surface area contributed by atoms with E-state index in [9.17, 15) is 32.3 Å². The van der Waals surface area contributed by atoms with Gasteiger partial charge in [-0.1, -0.05) is 24.3 Å². The molecule has 43 heavy (non-hydrogen) atoms. The zero-order chi connectivity index (χ0) is 32.3. The molecular formula is C29H29F3N4O7. The van der Waals surface area contributed by atoms with E-state index in [1.54, 1.807) is 30.3 Å². The first kappa shape index (κ1) is 34.0. The Labute approximate surface area is 243 Å². The molecule has 3 amide bonds. The maximum atomic E-state index is 12.6. The zero-order valence-electron chi connectivity index (χ0n) is 22.6. The summed E-state index contributed by atoms with van der Waals surface area (Å²) in [7, 11) is 0. The quantitative estimate of drug-likeness (QED) is 0.271. The summed E-state index contributed by atoms with van der Waals surface area (Å²) in [6.45, 7) is -0.486. The number of nitrogens with two attached hydrogens (primary N) is 3. The third kappa shape index (κ3) is 9.97. The number of hydrogen-bond acceptors (Lipinski definition) is 6. The molecule has 4 rings (SSSR count). The normalized spacial score (nSPS) is 11.5. The van der Waals surface area contributed by atoms with Crippen molar-refractivity contribution in [1.29, 1.82) is 0 Å². The van der Waals surface area contributed by atoms with Gasteiger partial charge >= 0.3 is 18.1 Å². The molecule has 0 saturated carbocycles. The van der Waals surface area contributed by atoms with E-state index < -0.39 is 36.5 Å². The molecule has 3 aromatic carbocycles. The summed E-state index contributed by atoms with van der Waals surface area (Å²) in [6.07, 6.45) is -1.64. The number of fused-ring (bicyclic) bond motifs is 1. The molecule has 0 fully saturated rings. The van der Waals surface area contributed by atoms with Gasteiger partial charge in [-0.05, 0) is 78.4 Å². The molecule has 0 atom stereocenters. The van der Waals surface area contributed by atoms with Crippen molar-refractivity contribution < 1.29 is 47.4 Å². The third-order valence-electron chi connectivity index (χ3n) is 6.07. The number of alkyl halides is 3. The number of carbonyl (C=O) groups excluding carboxylic acids is 3. The number of halogens is 3. The van der Waals surface area contributed by atoms with Gasteiger partial charge in [-0.2, -0.15) is 13.2 Å². The van der Waals surface area contributed by atoms with Crippen LogP contribution < -0.4 is 22.1 Å². The van der Waals surface area contributed by atoms with Crippen LogP contribution in [0.25, 0.3) is 0 Å². The highest BCUT2D eigenvalue weighted by atomic mass is 19.4. The van der Waals surface area contributed by atoms with Crippen LogP contribution in [0, 0.1) is 0 Å². The van der Waals surface area contributed by atoms with Gasteiger partial charge in [0.25, 0.3) is 5.91 Å². The van der Waals surface area contributed by atoms with Crippen LogP contribution in [-0.4, -0.2) is 52.6 Å². The standard InChI is InChI=1S/C17H17N3O4.C10H11NO.C2HF3O2/c18-9-12-8-13(6-7-14(12)16(19)23)20(10-15(21)22)17(24)11-4-2-1-3-5-11;11-10(12)9-5-4-7-2-1-3-8(7)6-9;3-2(4,5)1(6)7/h1-8H,9-10,18H2,(H2,19,23)(H,21,22);4-6H,1-3H2,(H2,11,12);(H,6,7). The average Bonchev–Trinajstić information content (AvgIpc) is 3.44. The van der Waals surface area contributed by atoms with Gasteiger partial charge in [0, 0.05) is 28.9 Å². The largest absolute Gasteiger partial charge is 0.490 e. The SMILES string of the molecule is NC(=O)c1ccc2c(c1)CCC2.NCc1cc(N(CC(=O)O)C(=O)c2ccccc2)ccc1C(N)=O.O=C(O)C(F)(F)F. The Morgan fingerprint density at radius 3 is 1.91 bits per heavy atom. The van der Waals surface area contributed by atoms with Gasteiger partial charge < -0.3 is 27.4 Å². The fourth-order valence-corrected chi connectivity index (χ4v) is 4.03. The number of carboxylic acids is 2. The molecule has 228 valence electrons. The maximum absolute atomic E-state index is 12.6. The molecule has 1 aliphatic rings. The molecule has 11 nitrogen and oxygen atoms in total. The van der Waals surface area contributed by atoms with Crippen molar-refractivity contribution in [2.45, 2.75) is 32.0 Å². The second-order valence-corrected chi connectivity index (χ2v) is 9.07.